The summed E-state index contributed by atoms with van der Waals surface area (Å²) >= 11 is 0. The van der Waals surface area contributed by atoms with Crippen LogP contribution in [0.5, 0.6) is 0 Å². The van der Waals surface area contributed by atoms with Gasteiger partial charge >= 0.3 is 0 Å². The van der Waals surface area contributed by atoms with Crippen LogP contribution in [0, 0.1) is 5.95 Å². The highest BCUT2D eigenvalue weighted by Crippen LogP contribution is 2.26. The molecule has 1 unspecified atom stereocenters. The first-order valence-corrected chi connectivity index (χ1v) is 12.9. The number of hydrogen-bond donors (Lipinski definition) is 2. The van der Waals surface area contributed by atoms with Gasteiger partial charge in [0.15, 0.2) is 0 Å². The van der Waals surface area contributed by atoms with Gasteiger partial charge in [0.2, 0.25) is 5.95 Å². The topological polar surface area (TPSA) is 90.0 Å². The van der Waals surface area contributed by atoms with Crippen molar-refractivity contribution in [1.82, 2.24) is 14.3 Å². The van der Waals surface area contributed by atoms with Gasteiger partial charge in [0, 0.05) is 36.3 Å². The van der Waals surface area contributed by atoms with Crippen molar-refractivity contribution in [2.75, 3.05) is 6.54 Å². The minimum absolute atomic E-state index is 0.0497. The van der Waals surface area contributed by atoms with E-state index in [1.807, 2.05) is 30.3 Å². The van der Waals surface area contributed by atoms with Gasteiger partial charge in [-0.25, -0.2) is 17.4 Å². The zero-order chi connectivity index (χ0) is 24.0. The fraction of sp³-hybridized carbons (Fsp3) is 0.269. The molecule has 6 nitrogen and oxygen atoms in total. The zero-order valence-corrected chi connectivity index (χ0v) is 19.7. The average Bonchev–Trinajstić information content (AvgIpc) is 3.23. The Balaban J connectivity index is 1.60. The number of rotatable bonds is 11. The van der Waals surface area contributed by atoms with Crippen molar-refractivity contribution < 1.29 is 12.8 Å². The first kappa shape index (κ1) is 24.1. The highest BCUT2D eigenvalue weighted by Gasteiger charge is 2.21. The molecule has 0 fully saturated rings. The van der Waals surface area contributed by atoms with Crippen molar-refractivity contribution >= 4 is 20.9 Å². The third-order valence-corrected chi connectivity index (χ3v) is 7.56. The Bertz CT molecular complexity index is 1340. The van der Waals surface area contributed by atoms with Gasteiger partial charge < -0.3 is 11.1 Å². The molecule has 0 aliphatic carbocycles. The van der Waals surface area contributed by atoms with E-state index < -0.39 is 16.0 Å². The molecule has 2 aromatic carbocycles. The Morgan fingerprint density at radius 3 is 2.50 bits per heavy atom. The van der Waals surface area contributed by atoms with Crippen molar-refractivity contribution in [3.05, 3.63) is 96.2 Å². The second-order valence-corrected chi connectivity index (χ2v) is 10.1. The molecule has 34 heavy (non-hydrogen) atoms. The minimum Gasteiger partial charge on any atom is -0.330 e. The van der Waals surface area contributed by atoms with Gasteiger partial charge in [0.25, 0.3) is 10.0 Å². The van der Waals surface area contributed by atoms with E-state index in [9.17, 15) is 12.8 Å². The fourth-order valence-corrected chi connectivity index (χ4v) is 5.56. The SMILES string of the molecule is NCCCCC(Cc1cccc(F)n1)NCc1cn(S(=O)(=O)c2ccccc2)c2ccccc12. The quantitative estimate of drug-likeness (QED) is 0.248. The molecule has 0 saturated heterocycles. The molecule has 0 radical (unpaired) electrons. The lowest BCUT2D eigenvalue weighted by atomic mass is 10.0. The van der Waals surface area contributed by atoms with Gasteiger partial charge in [-0.15, -0.1) is 0 Å². The summed E-state index contributed by atoms with van der Waals surface area (Å²) < 4.78 is 41.6. The van der Waals surface area contributed by atoms with Crippen molar-refractivity contribution in [3.63, 3.8) is 0 Å². The van der Waals surface area contributed by atoms with E-state index in [1.54, 1.807) is 42.6 Å². The summed E-state index contributed by atoms with van der Waals surface area (Å²) in [4.78, 5) is 4.24. The second kappa shape index (κ2) is 10.9. The number of nitrogens with one attached hydrogen (secondary N) is 1. The highest BCUT2D eigenvalue weighted by atomic mass is 32.2. The van der Waals surface area contributed by atoms with Gasteiger partial charge in [-0.2, -0.15) is 4.39 Å². The number of para-hydroxylation sites is 1. The van der Waals surface area contributed by atoms with E-state index in [-0.39, 0.29) is 10.9 Å². The predicted molar refractivity (Wildman–Crippen MR) is 132 cm³/mol. The van der Waals surface area contributed by atoms with Crippen molar-refractivity contribution in [3.8, 4) is 0 Å². The maximum Gasteiger partial charge on any atom is 0.268 e. The Hall–Kier alpha value is -3.07. The molecule has 3 N–H and O–H groups in total. The normalized spacial score (nSPS) is 12.8. The lowest BCUT2D eigenvalue weighted by Crippen LogP contribution is -2.31. The summed E-state index contributed by atoms with van der Waals surface area (Å²) in [5.74, 6) is -0.493. The van der Waals surface area contributed by atoms with Crippen LogP contribution in [-0.4, -0.2) is 30.0 Å². The van der Waals surface area contributed by atoms with Crippen LogP contribution < -0.4 is 11.1 Å². The first-order valence-electron chi connectivity index (χ1n) is 11.4. The Kier molecular flexibility index (Phi) is 7.72. The van der Waals surface area contributed by atoms with E-state index in [4.69, 9.17) is 5.73 Å². The molecule has 0 bridgehead atoms. The van der Waals surface area contributed by atoms with Crippen molar-refractivity contribution in [2.45, 2.75) is 43.2 Å². The van der Waals surface area contributed by atoms with E-state index in [0.29, 0.717) is 30.7 Å². The third-order valence-electron chi connectivity index (χ3n) is 5.88. The molecule has 0 spiro atoms. The highest BCUT2D eigenvalue weighted by molar-refractivity contribution is 7.90. The molecule has 0 saturated carbocycles. The number of halogens is 1. The number of pyridine rings is 1. The third kappa shape index (κ3) is 5.52. The molecule has 1 atom stereocenters. The average molecular weight is 481 g/mol. The number of unbranched alkanes of at least 4 members (excludes halogenated alkanes) is 1. The maximum atomic E-state index is 13.6. The molecular formula is C26H29FN4O2S. The molecule has 178 valence electrons. The lowest BCUT2D eigenvalue weighted by molar-refractivity contribution is 0.451. The second-order valence-electron chi connectivity index (χ2n) is 8.30. The largest absolute Gasteiger partial charge is 0.330 e. The van der Waals surface area contributed by atoms with Crippen LogP contribution in [0.3, 0.4) is 0 Å². The zero-order valence-electron chi connectivity index (χ0n) is 18.9. The van der Waals surface area contributed by atoms with Crippen LogP contribution in [0.2, 0.25) is 0 Å². The van der Waals surface area contributed by atoms with Crippen LogP contribution in [0.15, 0.2) is 83.9 Å². The standard InChI is InChI=1S/C26H29FN4O2S/c27-26-15-8-10-22(30-26)17-21(9-6-7-16-28)29-18-20-19-31(25-14-5-4-13-24(20)25)34(32,33)23-11-2-1-3-12-23/h1-5,8,10-15,19,21,29H,6-7,9,16-18,28H2. The van der Waals surface area contributed by atoms with Gasteiger partial charge in [0.1, 0.15) is 0 Å². The number of nitrogens with two attached hydrogens (primary N) is 1. The summed E-state index contributed by atoms with van der Waals surface area (Å²) in [6, 6.07) is 20.8. The summed E-state index contributed by atoms with van der Waals surface area (Å²) in [7, 11) is -3.73. The number of hydrogen-bond acceptors (Lipinski definition) is 5. The van der Waals surface area contributed by atoms with E-state index in [1.165, 1.54) is 10.0 Å². The molecule has 0 amide bonds. The minimum atomic E-state index is -3.73. The van der Waals surface area contributed by atoms with Gasteiger partial charge in [-0.1, -0.05) is 48.9 Å². The van der Waals surface area contributed by atoms with E-state index in [0.717, 1.165) is 30.2 Å². The number of benzene rings is 2. The molecule has 8 heteroatoms. The number of nitrogens with zero attached hydrogens (tertiary/aromatic N) is 2. The summed E-state index contributed by atoms with van der Waals surface area (Å²) in [6.07, 6.45) is 4.97. The van der Waals surface area contributed by atoms with E-state index in [2.05, 4.69) is 10.3 Å². The Morgan fingerprint density at radius 1 is 0.971 bits per heavy atom. The summed E-state index contributed by atoms with van der Waals surface area (Å²) in [5, 5.41) is 4.42. The van der Waals surface area contributed by atoms with Crippen LogP contribution >= 0.6 is 0 Å². The summed E-state index contributed by atoms with van der Waals surface area (Å²) in [5.41, 5.74) is 7.86. The summed E-state index contributed by atoms with van der Waals surface area (Å²) in [6.45, 7) is 1.09. The maximum absolute atomic E-state index is 13.6. The van der Waals surface area contributed by atoms with E-state index >= 15 is 0 Å². The molecule has 4 rings (SSSR count). The Labute approximate surface area is 199 Å². The monoisotopic (exact) mass is 480 g/mol. The van der Waals surface area contributed by atoms with Crippen LogP contribution in [0.1, 0.15) is 30.5 Å². The van der Waals surface area contributed by atoms with Crippen LogP contribution in [0.4, 0.5) is 4.39 Å². The van der Waals surface area contributed by atoms with Gasteiger partial charge in [-0.05, 0) is 55.3 Å². The molecule has 2 aromatic heterocycles. The smallest absolute Gasteiger partial charge is 0.268 e. The lowest BCUT2D eigenvalue weighted by Gasteiger charge is -2.18. The van der Waals surface area contributed by atoms with Gasteiger partial charge in [0.05, 0.1) is 10.4 Å². The molecular weight excluding hydrogens is 451 g/mol. The van der Waals surface area contributed by atoms with Gasteiger partial charge in [-0.3, -0.25) is 0 Å². The number of fused-ring (bicyclic) bond motifs is 1. The number of aromatic nitrogens is 2. The molecule has 4 aromatic rings. The van der Waals surface area contributed by atoms with Crippen molar-refractivity contribution in [1.29, 1.82) is 0 Å². The fourth-order valence-electron chi connectivity index (χ4n) is 4.15. The predicted octanol–water partition coefficient (Wildman–Crippen LogP) is 4.24. The first-order chi connectivity index (χ1) is 16.5. The molecule has 0 aliphatic rings. The molecule has 2 heterocycles. The Morgan fingerprint density at radius 2 is 1.74 bits per heavy atom. The van der Waals surface area contributed by atoms with Crippen LogP contribution in [0.25, 0.3) is 10.9 Å². The van der Waals surface area contributed by atoms with Crippen LogP contribution in [-0.2, 0) is 23.0 Å². The van der Waals surface area contributed by atoms with Crippen molar-refractivity contribution in [2.24, 2.45) is 5.73 Å². The molecule has 0 aliphatic heterocycles.